The van der Waals surface area contributed by atoms with Gasteiger partial charge in [0.25, 0.3) is 0 Å². The lowest BCUT2D eigenvalue weighted by molar-refractivity contribution is 0.0238. The van der Waals surface area contributed by atoms with Crippen LogP contribution in [-0.4, -0.2) is 33.9 Å². The third-order valence-electron chi connectivity index (χ3n) is 4.50. The molecule has 4 nitrogen and oxygen atoms in total. The third kappa shape index (κ3) is 4.58. The van der Waals surface area contributed by atoms with Crippen LogP contribution in [-0.2, 0) is 21.2 Å². The Morgan fingerprint density at radius 1 is 1.08 bits per heavy atom. The van der Waals surface area contributed by atoms with Gasteiger partial charge in [0, 0.05) is 30.6 Å². The van der Waals surface area contributed by atoms with Gasteiger partial charge in [-0.05, 0) is 43.2 Å². The van der Waals surface area contributed by atoms with Gasteiger partial charge in [-0.2, -0.15) is 0 Å². The number of ether oxygens (including phenoxy) is 1. The molecule has 1 saturated heterocycles. The lowest BCUT2D eigenvalue weighted by atomic mass is 10.1. The van der Waals surface area contributed by atoms with Crippen molar-refractivity contribution in [3.05, 3.63) is 59.9 Å². The Morgan fingerprint density at radius 2 is 1.72 bits per heavy atom. The van der Waals surface area contributed by atoms with Crippen LogP contribution in [0.4, 0.5) is 10.1 Å². The van der Waals surface area contributed by atoms with Crippen LogP contribution >= 0.6 is 0 Å². The lowest BCUT2D eigenvalue weighted by Gasteiger charge is -2.33. The molecule has 25 heavy (non-hydrogen) atoms. The summed E-state index contributed by atoms with van der Waals surface area (Å²) in [5.41, 5.74) is 1.60. The SMILES string of the molecule is CS(=O)(=O)c1ccc(N2CCC(OCc3ccccc3F)CC2)cc1. The van der Waals surface area contributed by atoms with Crippen LogP contribution in [0.3, 0.4) is 0 Å². The summed E-state index contributed by atoms with van der Waals surface area (Å²) in [5, 5.41) is 0. The van der Waals surface area contributed by atoms with Gasteiger partial charge in [0.2, 0.25) is 0 Å². The van der Waals surface area contributed by atoms with Crippen molar-refractivity contribution < 1.29 is 17.5 Å². The highest BCUT2D eigenvalue weighted by Crippen LogP contribution is 2.23. The van der Waals surface area contributed by atoms with Crippen LogP contribution < -0.4 is 4.90 Å². The van der Waals surface area contributed by atoms with Crippen molar-refractivity contribution in [2.24, 2.45) is 0 Å². The Hall–Kier alpha value is -1.92. The summed E-state index contributed by atoms with van der Waals surface area (Å²) >= 11 is 0. The van der Waals surface area contributed by atoms with Crippen LogP contribution in [0.2, 0.25) is 0 Å². The first kappa shape index (κ1) is 17.9. The standard InChI is InChI=1S/C19H22FNO3S/c1-25(22,23)18-8-6-16(7-9-18)21-12-10-17(11-13-21)24-14-15-4-2-3-5-19(15)20/h2-9,17H,10-14H2,1H3. The molecule has 0 spiro atoms. The van der Waals surface area contributed by atoms with Gasteiger partial charge >= 0.3 is 0 Å². The average Bonchev–Trinajstić information content (AvgIpc) is 2.61. The monoisotopic (exact) mass is 363 g/mol. The summed E-state index contributed by atoms with van der Waals surface area (Å²) < 4.78 is 42.5. The number of anilines is 1. The zero-order valence-corrected chi connectivity index (χ0v) is 15.0. The van der Waals surface area contributed by atoms with Gasteiger partial charge in [-0.3, -0.25) is 0 Å². The minimum atomic E-state index is -3.17. The molecule has 0 atom stereocenters. The zero-order chi connectivity index (χ0) is 17.9. The van der Waals surface area contributed by atoms with Crippen LogP contribution in [0, 0.1) is 5.82 Å². The van der Waals surface area contributed by atoms with Crippen molar-refractivity contribution in [3.63, 3.8) is 0 Å². The number of hydrogen-bond donors (Lipinski definition) is 0. The smallest absolute Gasteiger partial charge is 0.175 e. The van der Waals surface area contributed by atoms with Crippen molar-refractivity contribution in [3.8, 4) is 0 Å². The molecular formula is C19H22FNO3S. The number of hydrogen-bond acceptors (Lipinski definition) is 4. The van der Waals surface area contributed by atoms with Crippen LogP contribution in [0.5, 0.6) is 0 Å². The van der Waals surface area contributed by atoms with E-state index in [9.17, 15) is 12.8 Å². The molecule has 1 fully saturated rings. The zero-order valence-electron chi connectivity index (χ0n) is 14.2. The van der Waals surface area contributed by atoms with E-state index in [1.807, 2.05) is 18.2 Å². The Kier molecular flexibility index (Phi) is 5.39. The fourth-order valence-electron chi connectivity index (χ4n) is 3.01. The maximum absolute atomic E-state index is 13.6. The van der Waals surface area contributed by atoms with Crippen molar-refractivity contribution in [1.29, 1.82) is 0 Å². The van der Waals surface area contributed by atoms with Crippen molar-refractivity contribution in [2.45, 2.75) is 30.4 Å². The summed E-state index contributed by atoms with van der Waals surface area (Å²) in [6, 6.07) is 13.6. The molecule has 1 heterocycles. The normalized spacial score (nSPS) is 16.2. The fraction of sp³-hybridized carbons (Fsp3) is 0.368. The Labute approximate surface area is 148 Å². The Morgan fingerprint density at radius 3 is 2.32 bits per heavy atom. The Bertz CT molecular complexity index is 813. The van der Waals surface area contributed by atoms with Gasteiger partial charge in [-0.1, -0.05) is 18.2 Å². The van der Waals surface area contributed by atoms with E-state index in [4.69, 9.17) is 4.74 Å². The van der Waals surface area contributed by atoms with E-state index in [0.717, 1.165) is 31.6 Å². The molecule has 0 aromatic heterocycles. The highest BCUT2D eigenvalue weighted by molar-refractivity contribution is 7.90. The maximum Gasteiger partial charge on any atom is 0.175 e. The molecular weight excluding hydrogens is 341 g/mol. The molecule has 6 heteroatoms. The van der Waals surface area contributed by atoms with Crippen molar-refractivity contribution in [1.82, 2.24) is 0 Å². The van der Waals surface area contributed by atoms with E-state index >= 15 is 0 Å². The number of sulfone groups is 1. The van der Waals surface area contributed by atoms with Gasteiger partial charge in [0.05, 0.1) is 17.6 Å². The van der Waals surface area contributed by atoms with Crippen LogP contribution in [0.1, 0.15) is 18.4 Å². The van der Waals surface area contributed by atoms with E-state index in [2.05, 4.69) is 4.90 Å². The second-order valence-electron chi connectivity index (χ2n) is 6.35. The number of piperidine rings is 1. The molecule has 3 rings (SSSR count). The molecule has 2 aromatic rings. The van der Waals surface area contributed by atoms with Crippen molar-refractivity contribution >= 4 is 15.5 Å². The Balaban J connectivity index is 1.52. The molecule has 2 aromatic carbocycles. The number of benzene rings is 2. The molecule has 0 amide bonds. The molecule has 0 unspecified atom stereocenters. The predicted octanol–water partition coefficient (Wildman–Crippen LogP) is 3.41. The predicted molar refractivity (Wildman–Crippen MR) is 96.0 cm³/mol. The van der Waals surface area contributed by atoms with E-state index < -0.39 is 9.84 Å². The van der Waals surface area contributed by atoms with E-state index in [-0.39, 0.29) is 11.9 Å². The summed E-state index contributed by atoms with van der Waals surface area (Å²) in [5.74, 6) is -0.231. The number of rotatable bonds is 5. The van der Waals surface area contributed by atoms with Gasteiger partial charge < -0.3 is 9.64 Å². The first-order valence-electron chi connectivity index (χ1n) is 8.33. The topological polar surface area (TPSA) is 46.6 Å². The summed E-state index contributed by atoms with van der Waals surface area (Å²) in [7, 11) is -3.17. The molecule has 1 aliphatic rings. The second kappa shape index (κ2) is 7.54. The molecule has 0 N–H and O–H groups in total. The van der Waals surface area contributed by atoms with Gasteiger partial charge in [0.15, 0.2) is 9.84 Å². The summed E-state index contributed by atoms with van der Waals surface area (Å²) in [6.07, 6.45) is 3.05. The molecule has 134 valence electrons. The molecule has 0 aliphatic carbocycles. The van der Waals surface area contributed by atoms with Gasteiger partial charge in [0.1, 0.15) is 5.82 Å². The lowest BCUT2D eigenvalue weighted by Crippen LogP contribution is -2.37. The van der Waals surface area contributed by atoms with Crippen LogP contribution in [0.25, 0.3) is 0 Å². The fourth-order valence-corrected chi connectivity index (χ4v) is 3.64. The van der Waals surface area contributed by atoms with Crippen molar-refractivity contribution in [2.75, 3.05) is 24.2 Å². The second-order valence-corrected chi connectivity index (χ2v) is 8.37. The molecule has 0 bridgehead atoms. The van der Waals surface area contributed by atoms with Crippen LogP contribution in [0.15, 0.2) is 53.4 Å². The first-order chi connectivity index (χ1) is 11.9. The van der Waals surface area contributed by atoms with E-state index in [1.165, 1.54) is 12.3 Å². The number of halogens is 1. The third-order valence-corrected chi connectivity index (χ3v) is 5.63. The molecule has 0 saturated carbocycles. The molecule has 1 aliphatic heterocycles. The highest BCUT2D eigenvalue weighted by atomic mass is 32.2. The molecule has 0 radical (unpaired) electrons. The largest absolute Gasteiger partial charge is 0.373 e. The maximum atomic E-state index is 13.6. The highest BCUT2D eigenvalue weighted by Gasteiger charge is 2.20. The average molecular weight is 363 g/mol. The first-order valence-corrected chi connectivity index (χ1v) is 10.2. The van der Waals surface area contributed by atoms with E-state index in [1.54, 1.807) is 24.3 Å². The minimum absolute atomic E-state index is 0.117. The minimum Gasteiger partial charge on any atom is -0.373 e. The summed E-state index contributed by atoms with van der Waals surface area (Å²) in [4.78, 5) is 2.55. The quantitative estimate of drug-likeness (QED) is 0.817. The van der Waals surface area contributed by atoms with Gasteiger partial charge in [-0.15, -0.1) is 0 Å². The van der Waals surface area contributed by atoms with Gasteiger partial charge in [-0.25, -0.2) is 12.8 Å². The number of nitrogens with zero attached hydrogens (tertiary/aromatic N) is 1. The van der Waals surface area contributed by atoms with E-state index in [0.29, 0.717) is 17.1 Å². The summed E-state index contributed by atoms with van der Waals surface area (Å²) in [6.45, 7) is 1.96.